The largest absolute Gasteiger partial charge is 0.381 e. The lowest BCUT2D eigenvalue weighted by Gasteiger charge is -2.29. The fourth-order valence-corrected chi connectivity index (χ4v) is 4.24. The number of likely N-dealkylation sites (tertiary alicyclic amines) is 1. The number of carbonyl (C=O) groups is 1. The van der Waals surface area contributed by atoms with Crippen LogP contribution in [0.1, 0.15) is 44.9 Å². The van der Waals surface area contributed by atoms with Crippen molar-refractivity contribution in [1.29, 1.82) is 0 Å². The van der Waals surface area contributed by atoms with Gasteiger partial charge in [0.1, 0.15) is 6.54 Å². The molecule has 1 amide bonds. The molecule has 7 heteroatoms. The van der Waals surface area contributed by atoms with Gasteiger partial charge in [0.05, 0.1) is 0 Å². The first-order chi connectivity index (χ1) is 12.1. The molecule has 1 saturated carbocycles. The van der Waals surface area contributed by atoms with Gasteiger partial charge in [0.15, 0.2) is 5.96 Å². The van der Waals surface area contributed by atoms with Crippen molar-refractivity contribution in [1.82, 2.24) is 15.1 Å². The van der Waals surface area contributed by atoms with E-state index in [4.69, 9.17) is 9.73 Å². The first-order valence-electron chi connectivity index (χ1n) is 9.97. The Balaban J connectivity index is 0.00000243. The van der Waals surface area contributed by atoms with Gasteiger partial charge in [-0.2, -0.15) is 0 Å². The smallest absolute Gasteiger partial charge is 0.243 e. The molecule has 3 fully saturated rings. The van der Waals surface area contributed by atoms with Gasteiger partial charge < -0.3 is 19.9 Å². The second kappa shape index (κ2) is 10.7. The standard InChI is InChI=1S/C19H34N4O2.HI/c1-22(2)18(24)12-20-19(21-17-6-4-3-5-7-17)23-10-8-15(13-23)16-9-11-25-14-16;/h15-17H,3-14H2,1-2H3,(H,20,21);1H. The first-order valence-corrected chi connectivity index (χ1v) is 9.97. The molecule has 0 aromatic carbocycles. The summed E-state index contributed by atoms with van der Waals surface area (Å²) in [6.45, 7) is 4.15. The van der Waals surface area contributed by atoms with E-state index in [1.54, 1.807) is 19.0 Å². The zero-order chi connectivity index (χ0) is 17.6. The SMILES string of the molecule is CN(C)C(=O)CN=C(NC1CCCCC1)N1CCC(C2CCOC2)C1.I. The van der Waals surface area contributed by atoms with Crippen molar-refractivity contribution in [3.05, 3.63) is 0 Å². The molecule has 0 spiro atoms. The number of halogens is 1. The highest BCUT2D eigenvalue weighted by Crippen LogP contribution is 2.30. The minimum Gasteiger partial charge on any atom is -0.381 e. The monoisotopic (exact) mass is 478 g/mol. The van der Waals surface area contributed by atoms with Gasteiger partial charge in [-0.05, 0) is 37.5 Å². The number of rotatable bonds is 4. The Hall–Kier alpha value is -0.570. The number of hydrogen-bond acceptors (Lipinski definition) is 3. The summed E-state index contributed by atoms with van der Waals surface area (Å²) in [4.78, 5) is 20.7. The molecule has 2 aliphatic heterocycles. The number of amides is 1. The van der Waals surface area contributed by atoms with Gasteiger partial charge in [0, 0.05) is 46.4 Å². The van der Waals surface area contributed by atoms with Crippen LogP contribution in [0.4, 0.5) is 0 Å². The highest BCUT2D eigenvalue weighted by Gasteiger charge is 2.33. The Morgan fingerprint density at radius 2 is 1.92 bits per heavy atom. The molecule has 2 heterocycles. The zero-order valence-corrected chi connectivity index (χ0v) is 18.6. The lowest BCUT2D eigenvalue weighted by Crippen LogP contribution is -2.46. The van der Waals surface area contributed by atoms with E-state index in [2.05, 4.69) is 10.2 Å². The van der Waals surface area contributed by atoms with Gasteiger partial charge in [0.2, 0.25) is 5.91 Å². The number of nitrogens with one attached hydrogen (secondary N) is 1. The normalized spacial score (nSPS) is 27.3. The van der Waals surface area contributed by atoms with Crippen molar-refractivity contribution in [2.24, 2.45) is 16.8 Å². The van der Waals surface area contributed by atoms with Gasteiger partial charge in [-0.3, -0.25) is 4.79 Å². The third-order valence-electron chi connectivity index (χ3n) is 5.96. The highest BCUT2D eigenvalue weighted by molar-refractivity contribution is 14.0. The molecular formula is C19H35IN4O2. The Morgan fingerprint density at radius 1 is 1.15 bits per heavy atom. The molecule has 0 bridgehead atoms. The molecular weight excluding hydrogens is 443 g/mol. The Kier molecular flexibility index (Phi) is 8.93. The van der Waals surface area contributed by atoms with E-state index in [-0.39, 0.29) is 36.4 Å². The predicted octanol–water partition coefficient (Wildman–Crippen LogP) is 2.33. The molecule has 0 radical (unpaired) electrons. The molecule has 0 aromatic rings. The van der Waals surface area contributed by atoms with E-state index in [1.807, 2.05) is 0 Å². The Labute approximate surface area is 175 Å². The van der Waals surface area contributed by atoms with Gasteiger partial charge in [0.25, 0.3) is 0 Å². The number of aliphatic imine (C=N–C) groups is 1. The lowest BCUT2D eigenvalue weighted by molar-refractivity contribution is -0.127. The minimum absolute atomic E-state index is 0. The molecule has 1 aliphatic carbocycles. The maximum atomic E-state index is 12.0. The van der Waals surface area contributed by atoms with Crippen LogP contribution in [0.25, 0.3) is 0 Å². The molecule has 2 saturated heterocycles. The molecule has 6 nitrogen and oxygen atoms in total. The van der Waals surface area contributed by atoms with Crippen molar-refractivity contribution in [2.75, 3.05) is 46.9 Å². The van der Waals surface area contributed by atoms with E-state index in [9.17, 15) is 4.79 Å². The summed E-state index contributed by atoms with van der Waals surface area (Å²) in [6, 6.07) is 0.510. The van der Waals surface area contributed by atoms with Crippen LogP contribution in [0.5, 0.6) is 0 Å². The van der Waals surface area contributed by atoms with E-state index >= 15 is 0 Å². The molecule has 1 N–H and O–H groups in total. The molecule has 2 atom stereocenters. The van der Waals surface area contributed by atoms with Crippen LogP contribution in [0, 0.1) is 11.8 Å². The summed E-state index contributed by atoms with van der Waals surface area (Å²) >= 11 is 0. The van der Waals surface area contributed by atoms with Crippen LogP contribution in [0.15, 0.2) is 4.99 Å². The van der Waals surface area contributed by atoms with E-state index in [0.717, 1.165) is 32.3 Å². The van der Waals surface area contributed by atoms with Gasteiger partial charge in [-0.1, -0.05) is 19.3 Å². The molecule has 0 aromatic heterocycles. The highest BCUT2D eigenvalue weighted by atomic mass is 127. The number of guanidine groups is 1. The summed E-state index contributed by atoms with van der Waals surface area (Å²) in [5.41, 5.74) is 0. The summed E-state index contributed by atoms with van der Waals surface area (Å²) in [6.07, 6.45) is 8.77. The van der Waals surface area contributed by atoms with Crippen LogP contribution in [-0.2, 0) is 9.53 Å². The number of carbonyl (C=O) groups excluding carboxylic acids is 1. The minimum atomic E-state index is 0. The van der Waals surface area contributed by atoms with Crippen molar-refractivity contribution in [2.45, 2.75) is 51.0 Å². The quantitative estimate of drug-likeness (QED) is 0.383. The first kappa shape index (κ1) is 21.7. The Morgan fingerprint density at radius 3 is 2.58 bits per heavy atom. The maximum Gasteiger partial charge on any atom is 0.243 e. The average molecular weight is 478 g/mol. The second-order valence-corrected chi connectivity index (χ2v) is 8.03. The fraction of sp³-hybridized carbons (Fsp3) is 0.895. The van der Waals surface area contributed by atoms with Crippen molar-refractivity contribution < 1.29 is 9.53 Å². The third kappa shape index (κ3) is 5.97. The number of nitrogens with zero attached hydrogens (tertiary/aromatic N) is 3. The summed E-state index contributed by atoms with van der Waals surface area (Å²) < 4.78 is 5.58. The van der Waals surface area contributed by atoms with Crippen LogP contribution in [0.2, 0.25) is 0 Å². The van der Waals surface area contributed by atoms with Gasteiger partial charge in [-0.25, -0.2) is 4.99 Å². The summed E-state index contributed by atoms with van der Waals surface area (Å²) in [7, 11) is 3.58. The summed E-state index contributed by atoms with van der Waals surface area (Å²) in [5, 5.41) is 3.68. The molecule has 3 aliphatic rings. The molecule has 3 rings (SSSR count). The van der Waals surface area contributed by atoms with Crippen LogP contribution >= 0.6 is 24.0 Å². The third-order valence-corrected chi connectivity index (χ3v) is 5.96. The van der Waals surface area contributed by atoms with Crippen molar-refractivity contribution >= 4 is 35.8 Å². The lowest BCUT2D eigenvalue weighted by atomic mass is 9.91. The maximum absolute atomic E-state index is 12.0. The second-order valence-electron chi connectivity index (χ2n) is 8.03. The van der Waals surface area contributed by atoms with Crippen LogP contribution in [-0.4, -0.2) is 74.7 Å². The fourth-order valence-electron chi connectivity index (χ4n) is 4.24. The van der Waals surface area contributed by atoms with Crippen molar-refractivity contribution in [3.8, 4) is 0 Å². The molecule has 150 valence electrons. The van der Waals surface area contributed by atoms with Gasteiger partial charge in [-0.15, -0.1) is 24.0 Å². The summed E-state index contributed by atoms with van der Waals surface area (Å²) in [5.74, 6) is 2.40. The topological polar surface area (TPSA) is 57.2 Å². The van der Waals surface area contributed by atoms with Crippen LogP contribution in [0.3, 0.4) is 0 Å². The average Bonchev–Trinajstić information content (AvgIpc) is 3.30. The van der Waals surface area contributed by atoms with Gasteiger partial charge >= 0.3 is 0 Å². The molecule has 2 unspecified atom stereocenters. The van der Waals surface area contributed by atoms with Crippen molar-refractivity contribution in [3.63, 3.8) is 0 Å². The molecule has 26 heavy (non-hydrogen) atoms. The van der Waals surface area contributed by atoms with E-state index < -0.39 is 0 Å². The number of hydrogen-bond donors (Lipinski definition) is 1. The predicted molar refractivity (Wildman–Crippen MR) is 115 cm³/mol. The van der Waals surface area contributed by atoms with E-state index in [1.165, 1.54) is 44.9 Å². The van der Waals surface area contributed by atoms with E-state index in [0.29, 0.717) is 17.9 Å². The Bertz CT molecular complexity index is 474. The van der Waals surface area contributed by atoms with Crippen LogP contribution < -0.4 is 5.32 Å². The number of ether oxygens (including phenoxy) is 1. The number of likely N-dealkylation sites (N-methyl/N-ethyl adjacent to an activating group) is 1. The zero-order valence-electron chi connectivity index (χ0n) is 16.3.